The number of aromatic nitrogens is 2. The van der Waals surface area contributed by atoms with E-state index in [0.717, 1.165) is 53.1 Å². The summed E-state index contributed by atoms with van der Waals surface area (Å²) in [6, 6.07) is 1.86. The number of nitrogens with two attached hydrogens (primary N) is 1. The molecule has 24 heavy (non-hydrogen) atoms. The normalized spacial score (nSPS) is 23.5. The molecule has 0 saturated carbocycles. The van der Waals surface area contributed by atoms with Crippen molar-refractivity contribution in [3.05, 3.63) is 41.2 Å². The Labute approximate surface area is 149 Å². The Balaban J connectivity index is 1.36. The second-order valence-corrected chi connectivity index (χ2v) is 8.45. The molecule has 7 heteroatoms. The molecule has 2 atom stereocenters. The average molecular weight is 361 g/mol. The lowest BCUT2D eigenvalue weighted by Gasteiger charge is -2.16. The minimum Gasteiger partial charge on any atom is -0.398 e. The number of nitrogen functional groups attached to an aromatic ring is 1. The van der Waals surface area contributed by atoms with E-state index in [-0.39, 0.29) is 12.0 Å². The second-order valence-electron chi connectivity index (χ2n) is 6.29. The zero-order chi connectivity index (χ0) is 16.5. The number of hydrogen-bond acceptors (Lipinski definition) is 7. The van der Waals surface area contributed by atoms with Crippen molar-refractivity contribution in [1.29, 1.82) is 0 Å². The van der Waals surface area contributed by atoms with E-state index in [0.29, 0.717) is 0 Å². The van der Waals surface area contributed by atoms with Gasteiger partial charge < -0.3 is 10.8 Å². The molecule has 1 fully saturated rings. The molecule has 2 aromatic heterocycles. The first-order valence-electron chi connectivity index (χ1n) is 8.06. The summed E-state index contributed by atoms with van der Waals surface area (Å²) in [5.41, 5.74) is 10.3. The molecule has 1 aliphatic heterocycles. The Morgan fingerprint density at radius 3 is 3.08 bits per heavy atom. The minimum atomic E-state index is -0.271. The van der Waals surface area contributed by atoms with Gasteiger partial charge in [0, 0.05) is 60.3 Å². The first-order valence-corrected chi connectivity index (χ1v) is 9.92. The van der Waals surface area contributed by atoms with E-state index < -0.39 is 0 Å². The van der Waals surface area contributed by atoms with Crippen molar-refractivity contribution in [2.24, 2.45) is 5.92 Å². The number of thioether (sulfide) groups is 1. The van der Waals surface area contributed by atoms with E-state index in [2.05, 4.69) is 20.9 Å². The number of hydrogen-bond donors (Lipinski definition) is 2. The summed E-state index contributed by atoms with van der Waals surface area (Å²) in [6.07, 6.45) is 6.42. The van der Waals surface area contributed by atoms with Gasteiger partial charge in [0.05, 0.1) is 11.8 Å². The standard InChI is InChI=1S/C17H20N4OS2/c18-14-3-4-19-16-11(1-2-13(14)16)7-21-8-12(15(22)9-21)10-24-17-20-5-6-23-17/h1,3-6,12,15,22H,2,7-10H2,(H2,18,19)/t12-,15+/m1/s1. The first kappa shape index (κ1) is 16.1. The molecule has 5 nitrogen and oxygen atoms in total. The molecule has 0 bridgehead atoms. The number of thiazole rings is 1. The molecule has 1 aliphatic carbocycles. The fraction of sp³-hybridized carbons (Fsp3) is 0.412. The monoisotopic (exact) mass is 360 g/mol. The second kappa shape index (κ2) is 6.84. The lowest BCUT2D eigenvalue weighted by molar-refractivity contribution is 0.151. The van der Waals surface area contributed by atoms with E-state index in [4.69, 9.17) is 5.73 Å². The summed E-state index contributed by atoms with van der Waals surface area (Å²) in [5, 5.41) is 12.4. The third-order valence-corrected chi connectivity index (χ3v) is 6.81. The highest BCUT2D eigenvalue weighted by molar-refractivity contribution is 8.01. The van der Waals surface area contributed by atoms with Crippen molar-refractivity contribution in [2.45, 2.75) is 16.9 Å². The van der Waals surface area contributed by atoms with Crippen molar-refractivity contribution < 1.29 is 5.11 Å². The number of anilines is 1. The molecular formula is C17H20N4OS2. The quantitative estimate of drug-likeness (QED) is 0.796. The number of pyridine rings is 1. The van der Waals surface area contributed by atoms with Crippen LogP contribution in [0.15, 0.2) is 34.3 Å². The van der Waals surface area contributed by atoms with Gasteiger partial charge in [-0.05, 0) is 18.1 Å². The third kappa shape index (κ3) is 3.21. The number of likely N-dealkylation sites (tertiary alicyclic amines) is 1. The summed E-state index contributed by atoms with van der Waals surface area (Å²) >= 11 is 3.40. The molecule has 0 aromatic carbocycles. The highest BCUT2D eigenvalue weighted by Gasteiger charge is 2.32. The van der Waals surface area contributed by atoms with Gasteiger partial charge in [0.15, 0.2) is 0 Å². The van der Waals surface area contributed by atoms with E-state index in [1.54, 1.807) is 29.3 Å². The van der Waals surface area contributed by atoms with E-state index in [1.807, 2.05) is 17.6 Å². The number of nitrogens with zero attached hydrogens (tertiary/aromatic N) is 3. The van der Waals surface area contributed by atoms with Crippen molar-refractivity contribution in [1.82, 2.24) is 14.9 Å². The molecule has 4 rings (SSSR count). The van der Waals surface area contributed by atoms with Gasteiger partial charge in [0.1, 0.15) is 4.34 Å². The van der Waals surface area contributed by atoms with Gasteiger partial charge in [0.2, 0.25) is 0 Å². The fourth-order valence-corrected chi connectivity index (χ4v) is 5.22. The van der Waals surface area contributed by atoms with Crippen molar-refractivity contribution in [3.63, 3.8) is 0 Å². The highest BCUT2D eigenvalue weighted by atomic mass is 32.2. The molecule has 2 aliphatic rings. The predicted molar refractivity (Wildman–Crippen MR) is 99.1 cm³/mol. The number of rotatable bonds is 5. The van der Waals surface area contributed by atoms with Crippen molar-refractivity contribution >= 4 is 34.4 Å². The largest absolute Gasteiger partial charge is 0.398 e. The third-order valence-electron chi connectivity index (χ3n) is 4.66. The SMILES string of the molecule is Nc1ccnc2c1CC=C2CN1C[C@H](CSc2nccs2)[C@@H](O)C1. The Bertz CT molecular complexity index is 747. The molecule has 2 aromatic rings. The zero-order valence-corrected chi connectivity index (χ0v) is 14.9. The number of aliphatic hydroxyl groups excluding tert-OH is 1. The van der Waals surface area contributed by atoms with Crippen LogP contribution in [0, 0.1) is 5.92 Å². The zero-order valence-electron chi connectivity index (χ0n) is 13.3. The number of fused-ring (bicyclic) bond motifs is 1. The predicted octanol–water partition coefficient (Wildman–Crippen LogP) is 2.14. The number of allylic oxidation sites excluding steroid dienone is 1. The van der Waals surface area contributed by atoms with Crippen molar-refractivity contribution in [2.75, 3.05) is 31.1 Å². The van der Waals surface area contributed by atoms with Crippen LogP contribution in [0.4, 0.5) is 5.69 Å². The molecule has 126 valence electrons. The Hall–Kier alpha value is -1.41. The molecule has 0 unspecified atom stereocenters. The summed E-state index contributed by atoms with van der Waals surface area (Å²) in [4.78, 5) is 11.1. The Morgan fingerprint density at radius 2 is 2.25 bits per heavy atom. The van der Waals surface area contributed by atoms with Crippen LogP contribution in [0.3, 0.4) is 0 Å². The molecule has 3 N–H and O–H groups in total. The van der Waals surface area contributed by atoms with Crippen LogP contribution in [0.2, 0.25) is 0 Å². The van der Waals surface area contributed by atoms with Gasteiger partial charge in [-0.15, -0.1) is 11.3 Å². The number of aliphatic hydroxyl groups is 1. The van der Waals surface area contributed by atoms with Crippen LogP contribution in [0.5, 0.6) is 0 Å². The lowest BCUT2D eigenvalue weighted by atomic mass is 10.1. The van der Waals surface area contributed by atoms with Crippen molar-refractivity contribution in [3.8, 4) is 0 Å². The van der Waals surface area contributed by atoms with E-state index >= 15 is 0 Å². The molecule has 3 heterocycles. The van der Waals surface area contributed by atoms with Gasteiger partial charge in [-0.2, -0.15) is 0 Å². The van der Waals surface area contributed by atoms with Crippen LogP contribution >= 0.6 is 23.1 Å². The van der Waals surface area contributed by atoms with Gasteiger partial charge in [-0.1, -0.05) is 17.8 Å². The summed E-state index contributed by atoms with van der Waals surface area (Å²) in [7, 11) is 0. The van der Waals surface area contributed by atoms with Gasteiger partial charge in [-0.3, -0.25) is 9.88 Å². The smallest absolute Gasteiger partial charge is 0.149 e. The topological polar surface area (TPSA) is 75.3 Å². The first-order chi connectivity index (χ1) is 11.7. The molecule has 1 saturated heterocycles. The maximum absolute atomic E-state index is 10.4. The van der Waals surface area contributed by atoms with E-state index in [1.165, 1.54) is 5.57 Å². The van der Waals surface area contributed by atoms with E-state index in [9.17, 15) is 5.11 Å². The fourth-order valence-electron chi connectivity index (χ4n) is 3.40. The maximum Gasteiger partial charge on any atom is 0.149 e. The van der Waals surface area contributed by atoms with Gasteiger partial charge >= 0.3 is 0 Å². The van der Waals surface area contributed by atoms with Crippen LogP contribution in [0.1, 0.15) is 11.3 Å². The van der Waals surface area contributed by atoms with Crippen LogP contribution in [0.25, 0.3) is 5.57 Å². The van der Waals surface area contributed by atoms with Crippen LogP contribution in [-0.4, -0.2) is 51.5 Å². The molecular weight excluding hydrogens is 340 g/mol. The molecule has 0 radical (unpaired) electrons. The van der Waals surface area contributed by atoms with Gasteiger partial charge in [-0.25, -0.2) is 4.98 Å². The maximum atomic E-state index is 10.4. The number of β-amino-alcohol motifs (C(OH)–C–C–N with tert-alkyl or cyclic N) is 1. The van der Waals surface area contributed by atoms with Crippen LogP contribution < -0.4 is 5.73 Å². The lowest BCUT2D eigenvalue weighted by Crippen LogP contribution is -2.24. The molecule has 0 spiro atoms. The van der Waals surface area contributed by atoms with Crippen LogP contribution in [-0.2, 0) is 6.42 Å². The molecule has 0 amide bonds. The Morgan fingerprint density at radius 1 is 1.33 bits per heavy atom. The Kier molecular flexibility index (Phi) is 4.58. The summed E-state index contributed by atoms with van der Waals surface area (Å²) in [5.74, 6) is 1.20. The minimum absolute atomic E-state index is 0.271. The summed E-state index contributed by atoms with van der Waals surface area (Å²) in [6.45, 7) is 2.46. The summed E-state index contributed by atoms with van der Waals surface area (Å²) < 4.78 is 1.08. The van der Waals surface area contributed by atoms with Gasteiger partial charge in [0.25, 0.3) is 0 Å². The average Bonchev–Trinajstić information content (AvgIpc) is 3.28. The highest BCUT2D eigenvalue weighted by Crippen LogP contribution is 2.32.